The maximum Gasteiger partial charge on any atom is 0.307 e. The Labute approximate surface area is 168 Å². The Kier molecular flexibility index (Phi) is 8.81. The number of halogens is 1. The molecule has 1 aliphatic heterocycles. The summed E-state index contributed by atoms with van der Waals surface area (Å²) in [5.74, 6) is -0.308. The van der Waals surface area contributed by atoms with Gasteiger partial charge in [-0.2, -0.15) is 0 Å². The van der Waals surface area contributed by atoms with Crippen molar-refractivity contribution >= 4 is 45.2 Å². The van der Waals surface area contributed by atoms with Gasteiger partial charge in [0.25, 0.3) is 0 Å². The van der Waals surface area contributed by atoms with Gasteiger partial charge in [-0.1, -0.05) is 6.92 Å². The lowest BCUT2D eigenvalue weighted by molar-refractivity contribution is -0.143. The zero-order valence-electron chi connectivity index (χ0n) is 15.4. The highest BCUT2D eigenvalue weighted by Crippen LogP contribution is 2.23. The molecule has 0 N–H and O–H groups in total. The Bertz CT molecular complexity index is 632. The molecule has 1 atom stereocenters. The quantitative estimate of drug-likeness (QED) is 0.431. The number of nitrogens with zero attached hydrogens (tertiary/aromatic N) is 2. The topological polar surface area (TPSA) is 49.9 Å². The smallest absolute Gasteiger partial charge is 0.307 e. The Balaban J connectivity index is 2.01. The molecule has 1 unspecified atom stereocenters. The fourth-order valence-corrected chi connectivity index (χ4v) is 4.53. The summed E-state index contributed by atoms with van der Waals surface area (Å²) >= 11 is 5.01. The van der Waals surface area contributed by atoms with Gasteiger partial charge >= 0.3 is 5.97 Å². The standard InChI is InChI=1S/C19H27BrN2O3S/c1-3-21-12-5-6-15(21)14-22(13-11-19(24)25-4-2)18(23)10-8-16-7-9-17(20)26-16/h7-10,15H,3-6,11-14H2,1-2H3/b10-8+. The monoisotopic (exact) mass is 442 g/mol. The van der Waals surface area contributed by atoms with Gasteiger partial charge in [-0.05, 0) is 67.0 Å². The molecule has 5 nitrogen and oxygen atoms in total. The second-order valence-corrected chi connectivity index (χ2v) is 8.73. The van der Waals surface area contributed by atoms with Crippen molar-refractivity contribution < 1.29 is 14.3 Å². The maximum absolute atomic E-state index is 12.7. The molecule has 1 amide bonds. The van der Waals surface area contributed by atoms with E-state index in [9.17, 15) is 9.59 Å². The molecular weight excluding hydrogens is 416 g/mol. The first-order valence-corrected chi connectivity index (χ1v) is 10.8. The SMILES string of the molecule is CCOC(=O)CCN(CC1CCCN1CC)C(=O)/C=C/c1ccc(Br)s1. The first-order chi connectivity index (χ1) is 12.5. The summed E-state index contributed by atoms with van der Waals surface area (Å²) in [6.45, 7) is 7.43. The average Bonchev–Trinajstić information content (AvgIpc) is 3.24. The van der Waals surface area contributed by atoms with E-state index in [2.05, 4.69) is 27.8 Å². The van der Waals surface area contributed by atoms with Crippen LogP contribution >= 0.6 is 27.3 Å². The summed E-state index contributed by atoms with van der Waals surface area (Å²) < 4.78 is 6.04. The van der Waals surface area contributed by atoms with Crippen LogP contribution in [0.25, 0.3) is 6.08 Å². The van der Waals surface area contributed by atoms with Gasteiger partial charge < -0.3 is 9.64 Å². The first-order valence-electron chi connectivity index (χ1n) is 9.15. The summed E-state index contributed by atoms with van der Waals surface area (Å²) in [6, 6.07) is 4.30. The van der Waals surface area contributed by atoms with Gasteiger partial charge in [0.15, 0.2) is 0 Å². The Hall–Kier alpha value is -1.18. The first kappa shape index (κ1) is 21.1. The lowest BCUT2D eigenvalue weighted by atomic mass is 10.2. The second kappa shape index (κ2) is 10.8. The van der Waals surface area contributed by atoms with Crippen LogP contribution in [0.5, 0.6) is 0 Å². The molecular formula is C19H27BrN2O3S. The summed E-state index contributed by atoms with van der Waals surface area (Å²) in [5.41, 5.74) is 0. The minimum absolute atomic E-state index is 0.0539. The van der Waals surface area contributed by atoms with Crippen LogP contribution in [-0.4, -0.2) is 60.5 Å². The summed E-state index contributed by atoms with van der Waals surface area (Å²) in [7, 11) is 0. The zero-order valence-corrected chi connectivity index (χ0v) is 17.9. The summed E-state index contributed by atoms with van der Waals surface area (Å²) in [5, 5.41) is 0. The predicted octanol–water partition coefficient (Wildman–Crippen LogP) is 3.79. The largest absolute Gasteiger partial charge is 0.466 e. The Morgan fingerprint density at radius 2 is 2.23 bits per heavy atom. The van der Waals surface area contributed by atoms with Crippen LogP contribution < -0.4 is 0 Å². The molecule has 1 aromatic heterocycles. The molecule has 2 heterocycles. The van der Waals surface area contributed by atoms with Crippen molar-refractivity contribution in [3.63, 3.8) is 0 Å². The molecule has 7 heteroatoms. The molecule has 1 aliphatic rings. The Morgan fingerprint density at radius 1 is 1.42 bits per heavy atom. The van der Waals surface area contributed by atoms with E-state index in [-0.39, 0.29) is 18.3 Å². The number of carbonyl (C=O) groups excluding carboxylic acids is 2. The summed E-state index contributed by atoms with van der Waals surface area (Å²) in [4.78, 5) is 29.7. The van der Waals surface area contributed by atoms with Crippen molar-refractivity contribution in [3.8, 4) is 0 Å². The molecule has 0 saturated carbocycles. The highest BCUT2D eigenvalue weighted by molar-refractivity contribution is 9.11. The molecule has 1 fully saturated rings. The fourth-order valence-electron chi connectivity index (χ4n) is 3.20. The number of ether oxygens (including phenoxy) is 1. The van der Waals surface area contributed by atoms with Crippen molar-refractivity contribution in [1.82, 2.24) is 9.80 Å². The number of hydrogen-bond donors (Lipinski definition) is 0. The minimum Gasteiger partial charge on any atom is -0.466 e. The number of rotatable bonds is 9. The van der Waals surface area contributed by atoms with E-state index >= 15 is 0 Å². The van der Waals surface area contributed by atoms with Gasteiger partial charge in [0.05, 0.1) is 16.8 Å². The number of thiophene rings is 1. The van der Waals surface area contributed by atoms with Crippen LogP contribution in [0.2, 0.25) is 0 Å². The van der Waals surface area contributed by atoms with Crippen molar-refractivity contribution in [1.29, 1.82) is 0 Å². The third-order valence-corrected chi connectivity index (χ3v) is 6.11. The normalized spacial score (nSPS) is 17.7. The number of likely N-dealkylation sites (tertiary alicyclic amines) is 1. The summed E-state index contributed by atoms with van der Waals surface area (Å²) in [6.07, 6.45) is 5.93. The number of carbonyl (C=O) groups is 2. The van der Waals surface area contributed by atoms with Gasteiger partial charge in [0.1, 0.15) is 0 Å². The van der Waals surface area contributed by atoms with Gasteiger partial charge in [-0.25, -0.2) is 0 Å². The number of likely N-dealkylation sites (N-methyl/N-ethyl adjacent to an activating group) is 1. The van der Waals surface area contributed by atoms with Crippen LogP contribution in [0.4, 0.5) is 0 Å². The molecule has 0 radical (unpaired) electrons. The lowest BCUT2D eigenvalue weighted by Gasteiger charge is -2.29. The van der Waals surface area contributed by atoms with Crippen LogP contribution in [0.3, 0.4) is 0 Å². The van der Waals surface area contributed by atoms with Gasteiger partial charge in [-0.3, -0.25) is 14.5 Å². The van der Waals surface area contributed by atoms with Crippen molar-refractivity contribution in [2.24, 2.45) is 0 Å². The molecule has 0 aliphatic carbocycles. The molecule has 0 spiro atoms. The Morgan fingerprint density at radius 3 is 2.88 bits per heavy atom. The van der Waals surface area contributed by atoms with E-state index in [0.717, 1.165) is 34.6 Å². The van der Waals surface area contributed by atoms with Gasteiger partial charge in [0.2, 0.25) is 5.91 Å². The van der Waals surface area contributed by atoms with Crippen molar-refractivity contribution in [2.45, 2.75) is 39.2 Å². The maximum atomic E-state index is 12.7. The van der Waals surface area contributed by atoms with E-state index in [1.165, 1.54) is 0 Å². The van der Waals surface area contributed by atoms with E-state index in [1.54, 1.807) is 29.2 Å². The molecule has 26 heavy (non-hydrogen) atoms. The third kappa shape index (κ3) is 6.52. The lowest BCUT2D eigenvalue weighted by Crippen LogP contribution is -2.43. The van der Waals surface area contributed by atoms with Crippen LogP contribution in [0.1, 0.15) is 38.0 Å². The van der Waals surface area contributed by atoms with Gasteiger partial charge in [-0.15, -0.1) is 11.3 Å². The molecule has 1 aromatic rings. The highest BCUT2D eigenvalue weighted by atomic mass is 79.9. The van der Waals surface area contributed by atoms with Gasteiger partial charge in [0, 0.05) is 30.1 Å². The molecule has 0 bridgehead atoms. The second-order valence-electron chi connectivity index (χ2n) is 6.24. The minimum atomic E-state index is -0.254. The van der Waals surface area contributed by atoms with Crippen molar-refractivity contribution in [3.05, 3.63) is 26.9 Å². The molecule has 144 valence electrons. The number of esters is 1. The molecule has 2 rings (SSSR count). The van der Waals surface area contributed by atoms with Crippen molar-refractivity contribution in [2.75, 3.05) is 32.8 Å². The zero-order chi connectivity index (χ0) is 18.9. The predicted molar refractivity (Wildman–Crippen MR) is 109 cm³/mol. The number of amides is 1. The van der Waals surface area contributed by atoms with E-state index in [0.29, 0.717) is 25.7 Å². The van der Waals surface area contributed by atoms with Crippen LogP contribution in [0.15, 0.2) is 22.0 Å². The average molecular weight is 443 g/mol. The highest BCUT2D eigenvalue weighted by Gasteiger charge is 2.26. The fraction of sp³-hybridized carbons (Fsp3) is 0.579. The van der Waals surface area contributed by atoms with Crippen LogP contribution in [-0.2, 0) is 14.3 Å². The number of hydrogen-bond acceptors (Lipinski definition) is 5. The van der Waals surface area contributed by atoms with E-state index < -0.39 is 0 Å². The molecule has 0 aromatic carbocycles. The molecule has 1 saturated heterocycles. The third-order valence-electron chi connectivity index (χ3n) is 4.52. The van der Waals surface area contributed by atoms with E-state index in [1.807, 2.05) is 18.2 Å². The van der Waals surface area contributed by atoms with E-state index in [4.69, 9.17) is 4.74 Å². The van der Waals surface area contributed by atoms with Crippen LogP contribution in [0, 0.1) is 0 Å².